The van der Waals surface area contributed by atoms with Gasteiger partial charge in [-0.2, -0.15) is 13.2 Å². The first kappa shape index (κ1) is 22.2. The second-order valence-electron chi connectivity index (χ2n) is 9.17. The van der Waals surface area contributed by atoms with Gasteiger partial charge in [-0.1, -0.05) is 11.6 Å². The molecule has 4 unspecified atom stereocenters. The van der Waals surface area contributed by atoms with Gasteiger partial charge in [0.15, 0.2) is 5.82 Å². The standard InChI is InChI=1S/C24H17ClF4N4O2/c25-17-6-12(24(27,28)29)10-32-21(17)35-18-9-23-8-13(23)11-33(19(18)23)22(34)16-7-14(26)2-3-15(16)20-30-4-1-5-31-20/h1-7,10,13,18-19H,8-9,11H2. The Kier molecular flexibility index (Phi) is 4.83. The van der Waals surface area contributed by atoms with E-state index >= 15 is 0 Å². The molecule has 1 spiro atoms. The lowest BCUT2D eigenvalue weighted by molar-refractivity contribution is -0.137. The van der Waals surface area contributed by atoms with Gasteiger partial charge < -0.3 is 9.64 Å². The van der Waals surface area contributed by atoms with Gasteiger partial charge in [0.1, 0.15) is 16.9 Å². The highest BCUT2D eigenvalue weighted by molar-refractivity contribution is 6.31. The second kappa shape index (κ2) is 7.61. The van der Waals surface area contributed by atoms with Gasteiger partial charge in [0, 0.05) is 36.1 Å². The van der Waals surface area contributed by atoms with Crippen molar-refractivity contribution in [3.05, 3.63) is 70.9 Å². The van der Waals surface area contributed by atoms with Crippen molar-refractivity contribution in [2.45, 2.75) is 31.2 Å². The van der Waals surface area contributed by atoms with E-state index < -0.39 is 23.7 Å². The van der Waals surface area contributed by atoms with E-state index in [1.54, 1.807) is 11.0 Å². The summed E-state index contributed by atoms with van der Waals surface area (Å²) in [5.74, 6) is -0.438. The third-order valence-electron chi connectivity index (χ3n) is 7.23. The number of alkyl halides is 3. The minimum absolute atomic E-state index is 0.0878. The summed E-state index contributed by atoms with van der Waals surface area (Å²) in [5.41, 5.74) is -0.503. The van der Waals surface area contributed by atoms with Gasteiger partial charge in [-0.05, 0) is 49.1 Å². The fourth-order valence-electron chi connectivity index (χ4n) is 5.54. The van der Waals surface area contributed by atoms with E-state index in [-0.39, 0.29) is 33.8 Å². The van der Waals surface area contributed by atoms with E-state index in [1.807, 2.05) is 0 Å². The molecule has 2 aliphatic carbocycles. The largest absolute Gasteiger partial charge is 0.471 e. The summed E-state index contributed by atoms with van der Waals surface area (Å²) in [6.45, 7) is 0.489. The maximum atomic E-state index is 14.2. The Morgan fingerprint density at radius 1 is 1.14 bits per heavy atom. The Hall–Kier alpha value is -3.27. The predicted octanol–water partition coefficient (Wildman–Crippen LogP) is 5.03. The number of benzene rings is 1. The fourth-order valence-corrected chi connectivity index (χ4v) is 5.76. The van der Waals surface area contributed by atoms with Crippen LogP contribution in [0.25, 0.3) is 11.4 Å². The molecule has 6 rings (SSSR count). The van der Waals surface area contributed by atoms with Crippen LogP contribution in [0, 0.1) is 17.2 Å². The third-order valence-corrected chi connectivity index (χ3v) is 7.50. The summed E-state index contributed by atoms with van der Waals surface area (Å²) in [4.78, 5) is 27.5. The van der Waals surface area contributed by atoms with Crippen LogP contribution < -0.4 is 4.74 Å². The van der Waals surface area contributed by atoms with E-state index in [1.165, 1.54) is 30.6 Å². The Bertz CT molecular complexity index is 1340. The van der Waals surface area contributed by atoms with Gasteiger partial charge in [-0.15, -0.1) is 0 Å². The molecule has 180 valence electrons. The first-order valence-corrected chi connectivity index (χ1v) is 11.3. The van der Waals surface area contributed by atoms with Gasteiger partial charge in [0.05, 0.1) is 17.2 Å². The summed E-state index contributed by atoms with van der Waals surface area (Å²) >= 11 is 6.03. The zero-order valence-electron chi connectivity index (χ0n) is 18.0. The van der Waals surface area contributed by atoms with Crippen LogP contribution in [0.4, 0.5) is 17.6 Å². The molecular weight excluding hydrogens is 488 g/mol. The molecule has 1 aromatic carbocycles. The number of pyridine rings is 1. The number of amides is 1. The minimum atomic E-state index is -4.57. The number of nitrogens with zero attached hydrogens (tertiary/aromatic N) is 4. The Morgan fingerprint density at radius 2 is 1.91 bits per heavy atom. The monoisotopic (exact) mass is 504 g/mol. The third kappa shape index (κ3) is 3.53. The van der Waals surface area contributed by atoms with E-state index in [9.17, 15) is 22.4 Å². The molecular formula is C24H17ClF4N4O2. The number of piperidine rings is 1. The molecule has 2 saturated carbocycles. The van der Waals surface area contributed by atoms with Gasteiger partial charge in [0.25, 0.3) is 5.91 Å². The fraction of sp³-hybridized carbons (Fsp3) is 0.333. The summed E-state index contributed by atoms with van der Waals surface area (Å²) < 4.78 is 58.9. The zero-order valence-corrected chi connectivity index (χ0v) is 18.7. The lowest BCUT2D eigenvalue weighted by Gasteiger charge is -2.47. The van der Waals surface area contributed by atoms with Crippen LogP contribution in [0.5, 0.6) is 5.88 Å². The van der Waals surface area contributed by atoms with Crippen molar-refractivity contribution in [3.8, 4) is 17.3 Å². The highest BCUT2D eigenvalue weighted by Gasteiger charge is 2.76. The highest BCUT2D eigenvalue weighted by atomic mass is 35.5. The summed E-state index contributed by atoms with van der Waals surface area (Å²) in [6, 6.07) is 6.00. The lowest BCUT2D eigenvalue weighted by atomic mass is 9.73. The van der Waals surface area contributed by atoms with E-state index in [2.05, 4.69) is 15.0 Å². The van der Waals surface area contributed by atoms with Crippen LogP contribution in [0.1, 0.15) is 28.8 Å². The molecule has 0 bridgehead atoms. The molecule has 35 heavy (non-hydrogen) atoms. The predicted molar refractivity (Wildman–Crippen MR) is 116 cm³/mol. The van der Waals surface area contributed by atoms with Crippen LogP contribution >= 0.6 is 11.6 Å². The molecule has 0 N–H and O–H groups in total. The number of likely N-dealkylation sites (tertiary alicyclic amines) is 1. The van der Waals surface area contributed by atoms with Gasteiger partial charge in [-0.3, -0.25) is 4.79 Å². The molecule has 6 nitrogen and oxygen atoms in total. The molecule has 3 aliphatic rings. The van der Waals surface area contributed by atoms with Crippen LogP contribution in [0.15, 0.2) is 48.9 Å². The number of hydrogen-bond acceptors (Lipinski definition) is 5. The summed E-state index contributed by atoms with van der Waals surface area (Å²) in [7, 11) is 0. The van der Waals surface area contributed by atoms with Gasteiger partial charge in [0.2, 0.25) is 5.88 Å². The lowest BCUT2D eigenvalue weighted by Crippen LogP contribution is -2.59. The van der Waals surface area contributed by atoms with E-state index in [4.69, 9.17) is 16.3 Å². The Labute approximate surface area is 201 Å². The zero-order chi connectivity index (χ0) is 24.5. The molecule has 11 heteroatoms. The maximum absolute atomic E-state index is 14.2. The summed E-state index contributed by atoms with van der Waals surface area (Å²) in [6.07, 6.45) is 0.268. The number of carbonyl (C=O) groups excluding carboxylic acids is 1. The van der Waals surface area contributed by atoms with Gasteiger partial charge >= 0.3 is 6.18 Å². The number of rotatable bonds is 4. The first-order chi connectivity index (χ1) is 16.7. The first-order valence-electron chi connectivity index (χ1n) is 10.9. The highest BCUT2D eigenvalue weighted by Crippen LogP contribution is 2.71. The molecule has 1 saturated heterocycles. The minimum Gasteiger partial charge on any atom is -0.471 e. The van der Waals surface area contributed by atoms with Crippen LogP contribution in [0.2, 0.25) is 5.02 Å². The van der Waals surface area contributed by atoms with Crippen LogP contribution in [-0.2, 0) is 6.18 Å². The van der Waals surface area contributed by atoms with Crippen molar-refractivity contribution >= 4 is 17.5 Å². The average Bonchev–Trinajstić information content (AvgIpc) is 3.48. The van der Waals surface area contributed by atoms with E-state index in [0.717, 1.165) is 12.5 Å². The van der Waals surface area contributed by atoms with Crippen LogP contribution in [0.3, 0.4) is 0 Å². The van der Waals surface area contributed by atoms with Crippen molar-refractivity contribution < 1.29 is 27.1 Å². The summed E-state index contributed by atoms with van der Waals surface area (Å²) in [5, 5.41) is -0.252. The molecule has 2 aromatic heterocycles. The van der Waals surface area contributed by atoms with Crippen molar-refractivity contribution in [1.82, 2.24) is 19.9 Å². The number of halogens is 5. The number of carbonyl (C=O) groups is 1. The normalized spacial score (nSPS) is 26.5. The SMILES string of the molecule is O=C(c1cc(F)ccc1-c1ncccn1)N1CC2CC23CC(Oc2ncc(C(F)(F)F)cc2Cl)C13. The molecule has 4 atom stereocenters. The number of aromatic nitrogens is 3. The van der Waals surface area contributed by atoms with Crippen molar-refractivity contribution in [2.24, 2.45) is 11.3 Å². The molecule has 1 amide bonds. The van der Waals surface area contributed by atoms with Crippen molar-refractivity contribution in [2.75, 3.05) is 6.54 Å². The van der Waals surface area contributed by atoms with Crippen molar-refractivity contribution in [1.29, 1.82) is 0 Å². The topological polar surface area (TPSA) is 68.2 Å². The molecule has 3 fully saturated rings. The second-order valence-corrected chi connectivity index (χ2v) is 9.58. The smallest absolute Gasteiger partial charge is 0.417 e. The maximum Gasteiger partial charge on any atom is 0.417 e. The number of hydrogen-bond donors (Lipinski definition) is 0. The molecule has 3 aromatic rings. The van der Waals surface area contributed by atoms with Crippen molar-refractivity contribution in [3.63, 3.8) is 0 Å². The molecule has 1 aliphatic heterocycles. The van der Waals surface area contributed by atoms with E-state index in [0.29, 0.717) is 36.5 Å². The Morgan fingerprint density at radius 3 is 2.63 bits per heavy atom. The molecule has 0 radical (unpaired) electrons. The number of ether oxygens (including phenoxy) is 1. The Balaban J connectivity index is 1.28. The molecule has 3 heterocycles. The van der Waals surface area contributed by atoms with Gasteiger partial charge in [-0.25, -0.2) is 19.3 Å². The van der Waals surface area contributed by atoms with Crippen LogP contribution in [-0.4, -0.2) is 44.4 Å². The quantitative estimate of drug-likeness (QED) is 0.466. The average molecular weight is 505 g/mol.